The van der Waals surface area contributed by atoms with E-state index >= 15 is 0 Å². The van der Waals surface area contributed by atoms with E-state index in [9.17, 15) is 0 Å². The zero-order chi connectivity index (χ0) is 4.50. The molecular weight excluding hydrogens is 104 g/mol. The second-order valence-corrected chi connectivity index (χ2v) is 1.50. The predicted octanol–water partition coefficient (Wildman–Crippen LogP) is -5.06. The zero-order valence-corrected chi connectivity index (χ0v) is 3.63. The van der Waals surface area contributed by atoms with Crippen LogP contribution in [0.3, 0.4) is 0 Å². The Morgan fingerprint density at radius 2 is 0.833 bits per heavy atom. The summed E-state index contributed by atoms with van der Waals surface area (Å²) in [5.41, 5.74) is 0. The van der Waals surface area contributed by atoms with Crippen molar-refractivity contribution in [2.24, 2.45) is 0 Å². The van der Waals surface area contributed by atoms with Crippen molar-refractivity contribution in [3.63, 3.8) is 0 Å². The third kappa shape index (κ3) is 11700. The van der Waals surface area contributed by atoms with Gasteiger partial charge in [0.05, 0.1) is 0 Å². The first kappa shape index (κ1) is 9.41. The summed E-state index contributed by atoms with van der Waals surface area (Å²) >= 11 is 0. The van der Waals surface area contributed by atoms with Crippen molar-refractivity contribution in [3.05, 3.63) is 7.43 Å². The van der Waals surface area contributed by atoms with Crippen LogP contribution in [0.25, 0.3) is 0 Å². The van der Waals surface area contributed by atoms with Crippen LogP contribution >= 0.6 is 0 Å². The van der Waals surface area contributed by atoms with Crippen molar-refractivity contribution >= 4 is 9.05 Å². The minimum atomic E-state index is -5.61. The quantitative estimate of drug-likeness (QED) is 0.287. The molecule has 32 valence electrons. The van der Waals surface area contributed by atoms with Crippen molar-refractivity contribution < 1.29 is 19.2 Å². The van der Waals surface area contributed by atoms with E-state index < -0.39 is 9.05 Å². The SMILES string of the molecule is [C+4].[O-][Si]([O-])([O-])[O-]. The van der Waals surface area contributed by atoms with Crippen molar-refractivity contribution in [2.75, 3.05) is 0 Å². The molecular formula is CO4Si. The molecule has 0 fully saturated rings. The molecule has 0 heterocycles. The van der Waals surface area contributed by atoms with Crippen LogP contribution in [0.15, 0.2) is 0 Å². The molecule has 4 nitrogen and oxygen atoms in total. The summed E-state index contributed by atoms with van der Waals surface area (Å²) in [6.07, 6.45) is 0. The number of rotatable bonds is 0. The third-order valence-electron chi connectivity index (χ3n) is 0. The molecule has 6 heavy (non-hydrogen) atoms. The molecule has 0 aromatic rings. The molecule has 0 aromatic heterocycles. The van der Waals surface area contributed by atoms with Gasteiger partial charge in [-0.25, -0.2) is 0 Å². The molecule has 0 rings (SSSR count). The Morgan fingerprint density at radius 1 is 0.833 bits per heavy atom. The van der Waals surface area contributed by atoms with Crippen LogP contribution in [0, 0.1) is 7.43 Å². The van der Waals surface area contributed by atoms with Crippen molar-refractivity contribution in [3.8, 4) is 0 Å². The van der Waals surface area contributed by atoms with Crippen LogP contribution in [0.2, 0.25) is 0 Å². The van der Waals surface area contributed by atoms with E-state index in [1.54, 1.807) is 0 Å². The Bertz CT molecular complexity index is 23.0. The molecule has 0 amide bonds. The van der Waals surface area contributed by atoms with Crippen LogP contribution in [-0.4, -0.2) is 9.05 Å². The van der Waals surface area contributed by atoms with E-state index in [2.05, 4.69) is 0 Å². The Morgan fingerprint density at radius 3 is 0.833 bits per heavy atom. The molecule has 0 unspecified atom stereocenters. The second kappa shape index (κ2) is 2.27. The molecule has 0 aliphatic carbocycles. The summed E-state index contributed by atoms with van der Waals surface area (Å²) in [5, 5.41) is 0. The van der Waals surface area contributed by atoms with Gasteiger partial charge in [0.2, 0.25) is 0 Å². The molecule has 0 saturated heterocycles. The minimum absolute atomic E-state index is 0. The summed E-state index contributed by atoms with van der Waals surface area (Å²) < 4.78 is 0. The Kier molecular flexibility index (Phi) is 3.56. The van der Waals surface area contributed by atoms with Crippen LogP contribution < -0.4 is 19.2 Å². The summed E-state index contributed by atoms with van der Waals surface area (Å²) in [6.45, 7) is 0. The Hall–Kier alpha value is 0.0569. The van der Waals surface area contributed by atoms with E-state index in [1.807, 2.05) is 0 Å². The van der Waals surface area contributed by atoms with Crippen molar-refractivity contribution in [1.82, 2.24) is 0 Å². The van der Waals surface area contributed by atoms with Gasteiger partial charge < -0.3 is 28.2 Å². The normalized spacial score (nSPS) is 10.0. The molecule has 0 N–H and O–H groups in total. The molecule has 0 aliphatic rings. The maximum Gasteiger partial charge on any atom is 4.00 e. The molecule has 0 aromatic carbocycles. The van der Waals surface area contributed by atoms with E-state index in [0.29, 0.717) is 0 Å². The van der Waals surface area contributed by atoms with Gasteiger partial charge in [0.25, 0.3) is 0 Å². The fraction of sp³-hybridized carbons (Fsp3) is 0. The summed E-state index contributed by atoms with van der Waals surface area (Å²) in [6, 6.07) is 0. The van der Waals surface area contributed by atoms with Gasteiger partial charge in [-0.3, -0.25) is 0 Å². The molecule has 0 spiro atoms. The van der Waals surface area contributed by atoms with Gasteiger partial charge in [0.15, 0.2) is 0 Å². The van der Waals surface area contributed by atoms with Gasteiger partial charge in [-0.1, -0.05) is 0 Å². The van der Waals surface area contributed by atoms with E-state index in [1.165, 1.54) is 0 Å². The molecule has 0 atom stereocenters. The van der Waals surface area contributed by atoms with Gasteiger partial charge in [-0.2, -0.15) is 0 Å². The Labute approximate surface area is 36.8 Å². The van der Waals surface area contributed by atoms with Gasteiger partial charge in [-0.05, 0) is 0 Å². The Balaban J connectivity index is 0. The molecule has 0 aliphatic heterocycles. The second-order valence-electron chi connectivity index (χ2n) is 0.500. The number of hydrogen-bond acceptors (Lipinski definition) is 4. The monoisotopic (exact) mass is 104 g/mol. The predicted molar refractivity (Wildman–Crippen MR) is 9.00 cm³/mol. The van der Waals surface area contributed by atoms with Gasteiger partial charge >= 0.3 is 7.43 Å². The average Bonchev–Trinajstić information content (AvgIpc) is 0.722. The summed E-state index contributed by atoms with van der Waals surface area (Å²) in [7, 11) is -5.61. The molecule has 5 heteroatoms. The molecule has 0 saturated carbocycles. The topological polar surface area (TPSA) is 92.2 Å². The fourth-order valence-electron chi connectivity index (χ4n) is 0. The first-order valence-corrected chi connectivity index (χ1v) is 2.45. The molecule has 0 bridgehead atoms. The molecule has 0 radical (unpaired) electrons. The van der Waals surface area contributed by atoms with Crippen LogP contribution in [0.4, 0.5) is 0 Å². The van der Waals surface area contributed by atoms with Crippen molar-refractivity contribution in [2.45, 2.75) is 0 Å². The average molecular weight is 104 g/mol. The first-order valence-electron chi connectivity index (χ1n) is 0.816. The van der Waals surface area contributed by atoms with Gasteiger partial charge in [-0.15, -0.1) is 0 Å². The minimum Gasteiger partial charge on any atom is -0.894 e. The van der Waals surface area contributed by atoms with Gasteiger partial charge in [0.1, 0.15) is 0 Å². The van der Waals surface area contributed by atoms with Crippen LogP contribution in [0.1, 0.15) is 0 Å². The zero-order valence-electron chi connectivity index (χ0n) is 2.63. The first-order chi connectivity index (χ1) is 2.00. The maximum absolute atomic E-state index is 8.58. The summed E-state index contributed by atoms with van der Waals surface area (Å²) in [4.78, 5) is 34.3. The fourth-order valence-corrected chi connectivity index (χ4v) is 0. The van der Waals surface area contributed by atoms with E-state index in [0.717, 1.165) is 0 Å². The van der Waals surface area contributed by atoms with Crippen molar-refractivity contribution in [1.29, 1.82) is 0 Å². The van der Waals surface area contributed by atoms with Crippen LogP contribution in [-0.2, 0) is 0 Å². The summed E-state index contributed by atoms with van der Waals surface area (Å²) in [5.74, 6) is 0. The maximum atomic E-state index is 8.58. The standard InChI is InChI=1S/C.O4Si/c;1-5(2,3)4/q+4;-4. The van der Waals surface area contributed by atoms with E-state index in [-0.39, 0.29) is 7.43 Å². The van der Waals surface area contributed by atoms with Gasteiger partial charge in [0, 0.05) is 0 Å². The van der Waals surface area contributed by atoms with E-state index in [4.69, 9.17) is 19.2 Å². The number of hydrogen-bond donors (Lipinski definition) is 0. The third-order valence-corrected chi connectivity index (χ3v) is 0. The van der Waals surface area contributed by atoms with Crippen LogP contribution in [0.5, 0.6) is 0 Å². The smallest absolute Gasteiger partial charge is 0.894 e. The largest absolute Gasteiger partial charge is 4.00 e.